The number of rotatable bonds is 3. The maximum absolute atomic E-state index is 12.1. The normalized spacial score (nSPS) is 18.1. The van der Waals surface area contributed by atoms with Gasteiger partial charge in [0, 0.05) is 19.2 Å². The van der Waals surface area contributed by atoms with Gasteiger partial charge in [-0.25, -0.2) is 0 Å². The van der Waals surface area contributed by atoms with Crippen molar-refractivity contribution >= 4 is 17.5 Å². The van der Waals surface area contributed by atoms with Crippen LogP contribution in [-0.2, 0) is 4.74 Å². The average Bonchev–Trinajstić information content (AvgIpc) is 2.60. The fourth-order valence-electron chi connectivity index (χ4n) is 1.98. The number of amides is 1. The summed E-state index contributed by atoms with van der Waals surface area (Å²) in [7, 11) is 1.56. The SMILES string of the molecule is COCCN1C(=O)c2c(Cl)cccc2C1C#N. The van der Waals surface area contributed by atoms with Crippen LogP contribution < -0.4 is 0 Å². The van der Waals surface area contributed by atoms with E-state index < -0.39 is 6.04 Å². The zero-order valence-electron chi connectivity index (χ0n) is 9.31. The lowest BCUT2D eigenvalue weighted by Gasteiger charge is -2.19. The highest BCUT2D eigenvalue weighted by Gasteiger charge is 2.37. The zero-order chi connectivity index (χ0) is 12.4. The van der Waals surface area contributed by atoms with Gasteiger partial charge in [-0.1, -0.05) is 23.7 Å². The van der Waals surface area contributed by atoms with Crippen molar-refractivity contribution in [1.29, 1.82) is 5.26 Å². The van der Waals surface area contributed by atoms with E-state index in [4.69, 9.17) is 21.6 Å². The number of nitriles is 1. The maximum atomic E-state index is 12.1. The largest absolute Gasteiger partial charge is 0.383 e. The van der Waals surface area contributed by atoms with E-state index >= 15 is 0 Å². The Morgan fingerprint density at radius 3 is 3.00 bits per heavy atom. The number of carbonyl (C=O) groups is 1. The van der Waals surface area contributed by atoms with Crippen molar-refractivity contribution in [3.63, 3.8) is 0 Å². The lowest BCUT2D eigenvalue weighted by Crippen LogP contribution is -2.30. The molecule has 0 aromatic heterocycles. The standard InChI is InChI=1S/C12H11ClN2O2/c1-17-6-5-15-10(7-14)8-3-2-4-9(13)11(8)12(15)16/h2-4,10H,5-6H2,1H3. The molecule has 1 atom stereocenters. The Kier molecular flexibility index (Phi) is 3.32. The minimum absolute atomic E-state index is 0.200. The lowest BCUT2D eigenvalue weighted by molar-refractivity contribution is 0.0693. The van der Waals surface area contributed by atoms with Crippen LogP contribution >= 0.6 is 11.6 Å². The van der Waals surface area contributed by atoms with Crippen LogP contribution in [0.2, 0.25) is 5.02 Å². The van der Waals surface area contributed by atoms with Crippen LogP contribution in [0.1, 0.15) is 22.0 Å². The second-order valence-corrected chi connectivity index (χ2v) is 4.13. The third-order valence-electron chi connectivity index (χ3n) is 2.79. The van der Waals surface area contributed by atoms with Gasteiger partial charge in [0.15, 0.2) is 0 Å². The van der Waals surface area contributed by atoms with Crippen molar-refractivity contribution in [3.05, 3.63) is 34.3 Å². The minimum atomic E-state index is -0.564. The summed E-state index contributed by atoms with van der Waals surface area (Å²) in [5.74, 6) is -0.200. The van der Waals surface area contributed by atoms with Crippen LogP contribution in [-0.4, -0.2) is 31.1 Å². The number of ether oxygens (including phenoxy) is 1. The molecule has 1 aliphatic heterocycles. The molecule has 0 saturated carbocycles. The molecule has 0 saturated heterocycles. The average molecular weight is 251 g/mol. The summed E-state index contributed by atoms with van der Waals surface area (Å²) in [5.41, 5.74) is 1.12. The molecule has 1 aliphatic rings. The summed E-state index contributed by atoms with van der Waals surface area (Å²) in [4.78, 5) is 13.6. The first-order valence-electron chi connectivity index (χ1n) is 5.18. The topological polar surface area (TPSA) is 53.3 Å². The van der Waals surface area contributed by atoms with Gasteiger partial charge in [0.05, 0.1) is 23.3 Å². The van der Waals surface area contributed by atoms with Gasteiger partial charge in [0.25, 0.3) is 5.91 Å². The fourth-order valence-corrected chi connectivity index (χ4v) is 2.25. The van der Waals surface area contributed by atoms with Crippen molar-refractivity contribution in [2.45, 2.75) is 6.04 Å². The molecule has 0 N–H and O–H groups in total. The monoisotopic (exact) mass is 250 g/mol. The van der Waals surface area contributed by atoms with E-state index in [0.717, 1.165) is 0 Å². The molecule has 0 spiro atoms. The summed E-state index contributed by atoms with van der Waals surface area (Å²) in [6.07, 6.45) is 0. The van der Waals surface area contributed by atoms with Crippen LogP contribution in [0.3, 0.4) is 0 Å². The number of benzene rings is 1. The second kappa shape index (κ2) is 4.74. The van der Waals surface area contributed by atoms with Crippen molar-refractivity contribution < 1.29 is 9.53 Å². The first-order chi connectivity index (χ1) is 8.20. The zero-order valence-corrected chi connectivity index (χ0v) is 10.1. The number of fused-ring (bicyclic) bond motifs is 1. The van der Waals surface area contributed by atoms with Crippen molar-refractivity contribution in [3.8, 4) is 6.07 Å². The molecule has 1 unspecified atom stereocenters. The van der Waals surface area contributed by atoms with Crippen LogP contribution in [0.5, 0.6) is 0 Å². The van der Waals surface area contributed by atoms with E-state index in [1.54, 1.807) is 25.3 Å². The molecule has 4 nitrogen and oxygen atoms in total. The molecule has 0 aliphatic carbocycles. The Morgan fingerprint density at radius 2 is 2.35 bits per heavy atom. The molecular formula is C12H11ClN2O2. The van der Waals surface area contributed by atoms with Gasteiger partial charge in [-0.3, -0.25) is 4.79 Å². The molecule has 1 aromatic rings. The van der Waals surface area contributed by atoms with Crippen LogP contribution in [0.15, 0.2) is 18.2 Å². The number of methoxy groups -OCH3 is 1. The molecule has 17 heavy (non-hydrogen) atoms. The fraction of sp³-hybridized carbons (Fsp3) is 0.333. The Hall–Kier alpha value is -1.57. The summed E-state index contributed by atoms with van der Waals surface area (Å²) in [6, 6.07) is 6.74. The third-order valence-corrected chi connectivity index (χ3v) is 3.10. The molecular weight excluding hydrogens is 240 g/mol. The van der Waals surface area contributed by atoms with Gasteiger partial charge in [0.1, 0.15) is 6.04 Å². The quantitative estimate of drug-likeness (QED) is 0.825. The van der Waals surface area contributed by atoms with Gasteiger partial charge in [0.2, 0.25) is 0 Å². The molecule has 0 radical (unpaired) electrons. The predicted octanol–water partition coefficient (Wildman–Crippen LogP) is 2.01. The Balaban J connectivity index is 2.41. The molecule has 0 bridgehead atoms. The summed E-state index contributed by atoms with van der Waals surface area (Å²) < 4.78 is 4.94. The number of nitrogens with zero attached hydrogens (tertiary/aromatic N) is 2. The van der Waals surface area contributed by atoms with Crippen molar-refractivity contribution in [2.75, 3.05) is 20.3 Å². The van der Waals surface area contributed by atoms with Gasteiger partial charge < -0.3 is 9.64 Å². The maximum Gasteiger partial charge on any atom is 0.257 e. The first kappa shape index (κ1) is 11.9. The number of carbonyl (C=O) groups excluding carboxylic acids is 1. The summed E-state index contributed by atoms with van der Waals surface area (Å²) in [6.45, 7) is 0.786. The summed E-state index contributed by atoms with van der Waals surface area (Å²) >= 11 is 6.00. The van der Waals surface area contributed by atoms with E-state index in [1.807, 2.05) is 0 Å². The minimum Gasteiger partial charge on any atom is -0.383 e. The van der Waals surface area contributed by atoms with E-state index in [9.17, 15) is 4.79 Å². The Labute approximate surface area is 104 Å². The number of hydrogen-bond donors (Lipinski definition) is 0. The smallest absolute Gasteiger partial charge is 0.257 e. The van der Waals surface area contributed by atoms with Crippen molar-refractivity contribution in [2.24, 2.45) is 0 Å². The van der Waals surface area contributed by atoms with E-state index in [-0.39, 0.29) is 5.91 Å². The molecule has 88 valence electrons. The summed E-state index contributed by atoms with van der Waals surface area (Å²) in [5, 5.41) is 9.56. The van der Waals surface area contributed by atoms with Crippen LogP contribution in [0, 0.1) is 11.3 Å². The molecule has 0 fully saturated rings. The molecule has 5 heteroatoms. The highest BCUT2D eigenvalue weighted by Crippen LogP contribution is 2.36. The van der Waals surface area contributed by atoms with Crippen molar-refractivity contribution in [1.82, 2.24) is 4.90 Å². The highest BCUT2D eigenvalue weighted by molar-refractivity contribution is 6.34. The van der Waals surface area contributed by atoms with Crippen LogP contribution in [0.25, 0.3) is 0 Å². The number of halogens is 1. The van der Waals surface area contributed by atoms with Gasteiger partial charge in [-0.05, 0) is 6.07 Å². The van der Waals surface area contributed by atoms with Crippen LogP contribution in [0.4, 0.5) is 0 Å². The van der Waals surface area contributed by atoms with Gasteiger partial charge in [-0.15, -0.1) is 0 Å². The third kappa shape index (κ3) is 1.88. The molecule has 1 aromatic carbocycles. The lowest BCUT2D eigenvalue weighted by atomic mass is 10.1. The number of hydrogen-bond acceptors (Lipinski definition) is 3. The Morgan fingerprint density at radius 1 is 1.59 bits per heavy atom. The second-order valence-electron chi connectivity index (χ2n) is 3.73. The van der Waals surface area contributed by atoms with E-state index in [0.29, 0.717) is 29.3 Å². The predicted molar refractivity (Wildman–Crippen MR) is 62.7 cm³/mol. The first-order valence-corrected chi connectivity index (χ1v) is 5.56. The Bertz CT molecular complexity index is 496. The van der Waals surface area contributed by atoms with Gasteiger partial charge >= 0.3 is 0 Å². The molecule has 1 amide bonds. The highest BCUT2D eigenvalue weighted by atomic mass is 35.5. The van der Waals surface area contributed by atoms with E-state index in [2.05, 4.69) is 6.07 Å². The molecule has 2 rings (SSSR count). The van der Waals surface area contributed by atoms with Gasteiger partial charge in [-0.2, -0.15) is 5.26 Å². The molecule has 1 heterocycles. The van der Waals surface area contributed by atoms with E-state index in [1.165, 1.54) is 4.90 Å².